The quantitative estimate of drug-likeness (QED) is 0.310. The number of hydrogen-bond donors (Lipinski definition) is 0. The van der Waals surface area contributed by atoms with Gasteiger partial charge >= 0.3 is 0 Å². The minimum atomic E-state index is -2.35. The van der Waals surface area contributed by atoms with Crippen molar-refractivity contribution >= 4 is 28.0 Å². The van der Waals surface area contributed by atoms with Gasteiger partial charge in [0.25, 0.3) is 0 Å². The first-order valence-corrected chi connectivity index (χ1v) is 10.9. The normalized spacial score (nSPS) is 11.6. The summed E-state index contributed by atoms with van der Waals surface area (Å²) < 4.78 is 59.0. The molecule has 0 aliphatic rings. The summed E-state index contributed by atoms with van der Waals surface area (Å²) in [6.45, 7) is 7.35. The van der Waals surface area contributed by atoms with Crippen LogP contribution in [0, 0.1) is 51.0 Å². The van der Waals surface area contributed by atoms with Gasteiger partial charge in [0.1, 0.15) is 29.4 Å². The zero-order valence-corrected chi connectivity index (χ0v) is 19.0. The van der Waals surface area contributed by atoms with Gasteiger partial charge in [-0.3, -0.25) is 0 Å². The Labute approximate surface area is 191 Å². The summed E-state index contributed by atoms with van der Waals surface area (Å²) in [6, 6.07) is 17.7. The molecule has 0 bridgehead atoms. The highest BCUT2D eigenvalue weighted by Gasteiger charge is 2.37. The van der Waals surface area contributed by atoms with Crippen molar-refractivity contribution in [3.63, 3.8) is 0 Å². The number of aryl methyl sites for hydroxylation is 4. The molecule has 0 heterocycles. The molecule has 0 amide bonds. The summed E-state index contributed by atoms with van der Waals surface area (Å²) in [6.07, 6.45) is -2.35. The van der Waals surface area contributed by atoms with Crippen molar-refractivity contribution in [3.8, 4) is 0 Å². The molecule has 33 heavy (non-hydrogen) atoms. The van der Waals surface area contributed by atoms with Gasteiger partial charge in [-0.2, -0.15) is 21.9 Å². The fraction of sp³-hybridized carbons (Fsp3) is 0.143. The predicted molar refractivity (Wildman–Crippen MR) is 129 cm³/mol. The molecule has 0 radical (unpaired) electrons. The summed E-state index contributed by atoms with van der Waals surface area (Å²) in [5.74, 6) is -1.89. The van der Waals surface area contributed by atoms with Gasteiger partial charge in [0.15, 0.2) is 0 Å². The minimum Gasteiger partial charge on any atom is -0.207 e. The van der Waals surface area contributed by atoms with E-state index in [4.69, 9.17) is 0 Å². The van der Waals surface area contributed by atoms with E-state index >= 15 is 0 Å². The molecule has 4 aromatic rings. The Morgan fingerprint density at radius 2 is 0.606 bits per heavy atom. The van der Waals surface area contributed by atoms with Crippen molar-refractivity contribution in [1.82, 2.24) is 0 Å². The fourth-order valence-electron chi connectivity index (χ4n) is 5.32. The standard InChI is InChI=1S/C28H24BF4/c1-17-5-9-21(30)13-25(17)29(26-14-22(31)10-6-18(26)2,27-15-23(32)11-7-19(27)3)28-16-24(33)12-8-20(28)4/h5-16H,1-4H3/q-1. The molecule has 0 spiro atoms. The molecule has 0 aliphatic heterocycles. The van der Waals surface area contributed by atoms with Crippen LogP contribution in [0.25, 0.3) is 0 Å². The summed E-state index contributed by atoms with van der Waals surface area (Å²) in [4.78, 5) is 0. The largest absolute Gasteiger partial charge is 0.207 e. The van der Waals surface area contributed by atoms with Gasteiger partial charge < -0.3 is 0 Å². The Bertz CT molecular complexity index is 1150. The van der Waals surface area contributed by atoms with Crippen LogP contribution >= 0.6 is 0 Å². The van der Waals surface area contributed by atoms with Gasteiger partial charge in [-0.15, -0.1) is 0 Å². The van der Waals surface area contributed by atoms with Crippen molar-refractivity contribution in [2.24, 2.45) is 0 Å². The second-order valence-corrected chi connectivity index (χ2v) is 8.87. The molecule has 0 aromatic heterocycles. The molecule has 5 heteroatoms. The number of benzene rings is 4. The van der Waals surface area contributed by atoms with Gasteiger partial charge in [0.2, 0.25) is 0 Å². The first-order valence-electron chi connectivity index (χ1n) is 10.9. The van der Waals surface area contributed by atoms with Crippen LogP contribution < -0.4 is 21.9 Å². The molecule has 0 unspecified atom stereocenters. The first kappa shape index (κ1) is 22.8. The Morgan fingerprint density at radius 3 is 0.818 bits per heavy atom. The highest BCUT2D eigenvalue weighted by atomic mass is 19.1. The van der Waals surface area contributed by atoms with Gasteiger partial charge in [0.05, 0.1) is 0 Å². The number of hydrogen-bond acceptors (Lipinski definition) is 0. The van der Waals surface area contributed by atoms with E-state index in [1.807, 2.05) is 27.7 Å². The average molecular weight is 447 g/mol. The van der Waals surface area contributed by atoms with Crippen LogP contribution in [0.1, 0.15) is 22.3 Å². The summed E-state index contributed by atoms with van der Waals surface area (Å²) >= 11 is 0. The summed E-state index contributed by atoms with van der Waals surface area (Å²) in [7, 11) is 0. The maximum Gasteiger partial charge on any atom is 0.120 e. The van der Waals surface area contributed by atoms with Crippen LogP contribution in [-0.2, 0) is 0 Å². The molecule has 4 rings (SSSR count). The lowest BCUT2D eigenvalue weighted by atomic mass is 9.11. The molecule has 4 aromatic carbocycles. The van der Waals surface area contributed by atoms with E-state index in [1.165, 1.54) is 48.5 Å². The van der Waals surface area contributed by atoms with E-state index in [-0.39, 0.29) is 0 Å². The molecule has 0 atom stereocenters. The topological polar surface area (TPSA) is 0 Å². The van der Waals surface area contributed by atoms with Gasteiger partial charge in [-0.05, 0) is 52.0 Å². The molecular weight excluding hydrogens is 423 g/mol. The van der Waals surface area contributed by atoms with Crippen molar-refractivity contribution in [3.05, 3.63) is 118 Å². The molecular formula is C28H24BF4-. The smallest absolute Gasteiger partial charge is 0.120 e. The SMILES string of the molecule is Cc1ccc(F)cc1[B-](c1cc(F)ccc1C)(c1cc(F)ccc1C)c1cc(F)ccc1C. The van der Waals surface area contributed by atoms with E-state index in [2.05, 4.69) is 0 Å². The highest BCUT2D eigenvalue weighted by Crippen LogP contribution is 2.19. The van der Waals surface area contributed by atoms with Crippen molar-refractivity contribution in [2.75, 3.05) is 0 Å². The Kier molecular flexibility index (Phi) is 5.92. The Balaban J connectivity index is 2.35. The van der Waals surface area contributed by atoms with E-state index in [0.717, 1.165) is 22.3 Å². The molecule has 0 N–H and O–H groups in total. The second kappa shape index (κ2) is 8.55. The van der Waals surface area contributed by atoms with E-state index in [9.17, 15) is 17.6 Å². The Morgan fingerprint density at radius 1 is 0.394 bits per heavy atom. The molecule has 0 fully saturated rings. The number of rotatable bonds is 4. The van der Waals surface area contributed by atoms with Crippen LogP contribution in [0.2, 0.25) is 0 Å². The minimum absolute atomic E-state index is 0.473. The van der Waals surface area contributed by atoms with E-state index in [1.54, 1.807) is 24.3 Å². The zero-order chi connectivity index (χ0) is 23.9. The second-order valence-electron chi connectivity index (χ2n) is 8.87. The van der Waals surface area contributed by atoms with Crippen molar-refractivity contribution < 1.29 is 17.6 Å². The number of halogens is 4. The first-order chi connectivity index (χ1) is 15.6. The predicted octanol–water partition coefficient (Wildman–Crippen LogP) is 4.85. The third-order valence-corrected chi connectivity index (χ3v) is 6.83. The van der Waals surface area contributed by atoms with Crippen LogP contribution in [0.15, 0.2) is 72.8 Å². The van der Waals surface area contributed by atoms with Crippen LogP contribution in [0.3, 0.4) is 0 Å². The highest BCUT2D eigenvalue weighted by molar-refractivity contribution is 7.20. The summed E-state index contributed by atoms with van der Waals surface area (Å²) in [5, 5.41) is 0. The van der Waals surface area contributed by atoms with Gasteiger partial charge in [0, 0.05) is 0 Å². The molecule has 0 saturated heterocycles. The van der Waals surface area contributed by atoms with Crippen molar-refractivity contribution in [1.29, 1.82) is 0 Å². The maximum absolute atomic E-state index is 14.8. The molecule has 0 saturated carbocycles. The average Bonchev–Trinajstić information content (AvgIpc) is 2.77. The lowest BCUT2D eigenvalue weighted by molar-refractivity contribution is 0.628. The van der Waals surface area contributed by atoms with Gasteiger partial charge in [-0.1, -0.05) is 70.8 Å². The monoisotopic (exact) mass is 447 g/mol. The Hall–Kier alpha value is -3.34. The third-order valence-electron chi connectivity index (χ3n) is 6.83. The van der Waals surface area contributed by atoms with Gasteiger partial charge in [-0.25, -0.2) is 17.6 Å². The molecule has 0 aliphatic carbocycles. The molecule has 168 valence electrons. The van der Waals surface area contributed by atoms with Crippen molar-refractivity contribution in [2.45, 2.75) is 27.7 Å². The third kappa shape index (κ3) is 3.86. The lowest BCUT2D eigenvalue weighted by Gasteiger charge is -2.48. The maximum atomic E-state index is 14.8. The molecule has 0 nitrogen and oxygen atoms in total. The van der Waals surface area contributed by atoms with E-state index < -0.39 is 29.4 Å². The summed E-state index contributed by atoms with van der Waals surface area (Å²) in [5.41, 5.74) is 5.22. The fourth-order valence-corrected chi connectivity index (χ4v) is 5.32. The van der Waals surface area contributed by atoms with Crippen LogP contribution in [-0.4, -0.2) is 6.15 Å². The van der Waals surface area contributed by atoms with E-state index in [0.29, 0.717) is 21.9 Å². The zero-order valence-electron chi connectivity index (χ0n) is 19.0. The lowest BCUT2D eigenvalue weighted by Crippen LogP contribution is -2.77. The van der Waals surface area contributed by atoms with Crippen LogP contribution in [0.4, 0.5) is 17.6 Å². The van der Waals surface area contributed by atoms with Crippen LogP contribution in [0.5, 0.6) is 0 Å².